The quantitative estimate of drug-likeness (QED) is 0.696. The summed E-state index contributed by atoms with van der Waals surface area (Å²) in [6.07, 6.45) is -0.621. The third kappa shape index (κ3) is 4.53. The summed E-state index contributed by atoms with van der Waals surface area (Å²) < 4.78 is 0.680. The first-order valence-corrected chi connectivity index (χ1v) is 6.39. The monoisotopic (exact) mass is 329 g/mol. The second kappa shape index (κ2) is 6.53. The first-order chi connectivity index (χ1) is 8.81. The Morgan fingerprint density at radius 2 is 1.84 bits per heavy atom. The standard InChI is InChI=1S/C12H16BrN3O3/c1-7(17)9-3-2-8(4-10(9)13)16(5-11(14)18)6-12(15)19/h2-4,7,17H,5-6H2,1H3,(H2,14,18)(H2,15,19)/t7-/m1/s1. The number of primary amides is 2. The molecule has 1 aromatic carbocycles. The lowest BCUT2D eigenvalue weighted by Crippen LogP contribution is -2.39. The van der Waals surface area contributed by atoms with Gasteiger partial charge in [-0.1, -0.05) is 22.0 Å². The molecule has 0 aliphatic carbocycles. The Labute approximate surface area is 119 Å². The maximum atomic E-state index is 11.0. The molecule has 0 bridgehead atoms. The van der Waals surface area contributed by atoms with Crippen molar-refractivity contribution in [3.63, 3.8) is 0 Å². The van der Waals surface area contributed by atoms with E-state index in [-0.39, 0.29) is 13.1 Å². The topological polar surface area (TPSA) is 110 Å². The fourth-order valence-electron chi connectivity index (χ4n) is 1.67. The summed E-state index contributed by atoms with van der Waals surface area (Å²) in [6, 6.07) is 5.10. The molecule has 0 fully saturated rings. The van der Waals surface area contributed by atoms with Crippen LogP contribution in [0.15, 0.2) is 22.7 Å². The Kier molecular flexibility index (Phi) is 5.31. The Bertz CT molecular complexity index is 475. The van der Waals surface area contributed by atoms with Crippen molar-refractivity contribution in [2.45, 2.75) is 13.0 Å². The average molecular weight is 330 g/mol. The molecule has 0 spiro atoms. The number of halogens is 1. The zero-order valence-corrected chi connectivity index (χ0v) is 12.1. The zero-order valence-electron chi connectivity index (χ0n) is 10.5. The molecule has 0 aliphatic rings. The van der Waals surface area contributed by atoms with Gasteiger partial charge in [0.25, 0.3) is 0 Å². The summed E-state index contributed by atoms with van der Waals surface area (Å²) in [7, 11) is 0. The van der Waals surface area contributed by atoms with Crippen molar-refractivity contribution >= 4 is 33.4 Å². The highest BCUT2D eigenvalue weighted by Gasteiger charge is 2.14. The molecule has 0 heterocycles. The van der Waals surface area contributed by atoms with Crippen molar-refractivity contribution in [2.75, 3.05) is 18.0 Å². The van der Waals surface area contributed by atoms with Gasteiger partial charge >= 0.3 is 0 Å². The minimum absolute atomic E-state index is 0.108. The number of carbonyl (C=O) groups is 2. The number of hydrogen-bond donors (Lipinski definition) is 3. The van der Waals surface area contributed by atoms with Crippen molar-refractivity contribution in [3.05, 3.63) is 28.2 Å². The van der Waals surface area contributed by atoms with Crippen LogP contribution in [0.3, 0.4) is 0 Å². The molecule has 0 saturated heterocycles. The molecular formula is C12H16BrN3O3. The zero-order chi connectivity index (χ0) is 14.6. The summed E-state index contributed by atoms with van der Waals surface area (Å²) in [6.45, 7) is 1.43. The second-order valence-corrected chi connectivity index (χ2v) is 5.02. The van der Waals surface area contributed by atoms with Crippen molar-refractivity contribution in [2.24, 2.45) is 11.5 Å². The van der Waals surface area contributed by atoms with Gasteiger partial charge in [0, 0.05) is 10.2 Å². The van der Waals surface area contributed by atoms with Crippen LogP contribution in [0.2, 0.25) is 0 Å². The summed E-state index contributed by atoms with van der Waals surface area (Å²) in [5.41, 5.74) is 11.6. The molecule has 1 aromatic rings. The fourth-order valence-corrected chi connectivity index (χ4v) is 2.36. The summed E-state index contributed by atoms with van der Waals surface area (Å²) in [4.78, 5) is 23.5. The van der Waals surface area contributed by atoms with Gasteiger partial charge in [-0.05, 0) is 24.6 Å². The van der Waals surface area contributed by atoms with E-state index in [0.717, 1.165) is 0 Å². The minimum atomic E-state index is -0.621. The van der Waals surface area contributed by atoms with Crippen LogP contribution >= 0.6 is 15.9 Å². The van der Waals surface area contributed by atoms with Gasteiger partial charge in [0.15, 0.2) is 0 Å². The molecule has 19 heavy (non-hydrogen) atoms. The molecule has 0 aliphatic heterocycles. The number of nitrogens with two attached hydrogens (primary N) is 2. The normalized spacial score (nSPS) is 11.9. The van der Waals surface area contributed by atoms with Crippen molar-refractivity contribution < 1.29 is 14.7 Å². The first kappa shape index (κ1) is 15.5. The highest BCUT2D eigenvalue weighted by molar-refractivity contribution is 9.10. The molecule has 0 saturated carbocycles. The predicted molar refractivity (Wildman–Crippen MR) is 75.4 cm³/mol. The minimum Gasteiger partial charge on any atom is -0.389 e. The Balaban J connectivity index is 3.05. The van der Waals surface area contributed by atoms with Gasteiger partial charge in [0.2, 0.25) is 11.8 Å². The number of aliphatic hydroxyl groups is 1. The number of aliphatic hydroxyl groups excluding tert-OH is 1. The van der Waals surface area contributed by atoms with E-state index < -0.39 is 17.9 Å². The third-order valence-electron chi connectivity index (χ3n) is 2.49. The van der Waals surface area contributed by atoms with Crippen LogP contribution in [-0.2, 0) is 9.59 Å². The summed E-state index contributed by atoms with van der Waals surface area (Å²) in [5.74, 6) is -1.12. The van der Waals surface area contributed by atoms with E-state index in [1.165, 1.54) is 4.90 Å². The van der Waals surface area contributed by atoms with Gasteiger partial charge in [0.1, 0.15) is 0 Å². The summed E-state index contributed by atoms with van der Waals surface area (Å²) >= 11 is 3.33. The average Bonchev–Trinajstić information content (AvgIpc) is 2.26. The number of benzene rings is 1. The maximum absolute atomic E-state index is 11.0. The molecule has 1 rings (SSSR count). The van der Waals surface area contributed by atoms with E-state index in [1.807, 2.05) is 0 Å². The molecule has 104 valence electrons. The van der Waals surface area contributed by atoms with Crippen molar-refractivity contribution in [3.8, 4) is 0 Å². The number of rotatable bonds is 6. The van der Waals surface area contributed by atoms with E-state index in [4.69, 9.17) is 11.5 Å². The van der Waals surface area contributed by atoms with E-state index >= 15 is 0 Å². The molecule has 6 nitrogen and oxygen atoms in total. The first-order valence-electron chi connectivity index (χ1n) is 5.60. The van der Waals surface area contributed by atoms with E-state index in [9.17, 15) is 14.7 Å². The van der Waals surface area contributed by atoms with E-state index in [2.05, 4.69) is 15.9 Å². The van der Waals surface area contributed by atoms with Gasteiger partial charge in [-0.25, -0.2) is 0 Å². The Morgan fingerprint density at radius 3 is 2.21 bits per heavy atom. The van der Waals surface area contributed by atoms with Crippen LogP contribution < -0.4 is 16.4 Å². The van der Waals surface area contributed by atoms with Crippen LogP contribution in [0, 0.1) is 0 Å². The number of anilines is 1. The number of nitrogens with zero attached hydrogens (tertiary/aromatic N) is 1. The largest absolute Gasteiger partial charge is 0.389 e. The Morgan fingerprint density at radius 1 is 1.32 bits per heavy atom. The smallest absolute Gasteiger partial charge is 0.236 e. The number of hydrogen-bond acceptors (Lipinski definition) is 4. The van der Waals surface area contributed by atoms with Crippen LogP contribution in [0.5, 0.6) is 0 Å². The molecular weight excluding hydrogens is 314 g/mol. The fraction of sp³-hybridized carbons (Fsp3) is 0.333. The molecule has 7 heteroatoms. The van der Waals surface area contributed by atoms with Crippen LogP contribution in [0.4, 0.5) is 5.69 Å². The molecule has 0 radical (unpaired) electrons. The second-order valence-electron chi connectivity index (χ2n) is 4.17. The lowest BCUT2D eigenvalue weighted by Gasteiger charge is -2.22. The van der Waals surface area contributed by atoms with E-state index in [0.29, 0.717) is 15.7 Å². The molecule has 0 aromatic heterocycles. The predicted octanol–water partition coefficient (Wildman–Crippen LogP) is 0.279. The van der Waals surface area contributed by atoms with Crippen molar-refractivity contribution in [1.29, 1.82) is 0 Å². The highest BCUT2D eigenvalue weighted by atomic mass is 79.9. The maximum Gasteiger partial charge on any atom is 0.236 e. The third-order valence-corrected chi connectivity index (χ3v) is 3.18. The van der Waals surface area contributed by atoms with Crippen LogP contribution in [0.25, 0.3) is 0 Å². The van der Waals surface area contributed by atoms with Gasteiger partial charge in [-0.3, -0.25) is 9.59 Å². The highest BCUT2D eigenvalue weighted by Crippen LogP contribution is 2.28. The lowest BCUT2D eigenvalue weighted by molar-refractivity contribution is -0.117. The molecule has 1 atom stereocenters. The summed E-state index contributed by atoms with van der Waals surface area (Å²) in [5, 5.41) is 9.53. The SMILES string of the molecule is C[C@@H](O)c1ccc(N(CC(N)=O)CC(N)=O)cc1Br. The van der Waals surface area contributed by atoms with Crippen molar-refractivity contribution in [1.82, 2.24) is 0 Å². The van der Waals surface area contributed by atoms with Gasteiger partial charge in [0.05, 0.1) is 19.2 Å². The van der Waals surface area contributed by atoms with Crippen LogP contribution in [-0.4, -0.2) is 30.0 Å². The van der Waals surface area contributed by atoms with Gasteiger partial charge in [-0.2, -0.15) is 0 Å². The molecule has 0 unspecified atom stereocenters. The molecule has 2 amide bonds. The lowest BCUT2D eigenvalue weighted by atomic mass is 10.1. The molecule has 5 N–H and O–H groups in total. The number of amides is 2. The van der Waals surface area contributed by atoms with Gasteiger partial charge in [-0.15, -0.1) is 0 Å². The van der Waals surface area contributed by atoms with E-state index in [1.54, 1.807) is 25.1 Å². The van der Waals surface area contributed by atoms with Gasteiger partial charge < -0.3 is 21.5 Å². The number of carbonyl (C=O) groups excluding carboxylic acids is 2. The Hall–Kier alpha value is -1.60. The van der Waals surface area contributed by atoms with Crippen LogP contribution in [0.1, 0.15) is 18.6 Å².